The molecule has 1 fully saturated rings. The Morgan fingerprint density at radius 3 is 2.17 bits per heavy atom. The van der Waals surface area contributed by atoms with E-state index in [0.717, 1.165) is 12.8 Å². The molecule has 1 aliphatic carbocycles. The number of carboxylic acid groups (broad SMARTS) is 1. The fourth-order valence-corrected chi connectivity index (χ4v) is 1.84. The van der Waals surface area contributed by atoms with Crippen LogP contribution in [0.25, 0.3) is 0 Å². The summed E-state index contributed by atoms with van der Waals surface area (Å²) in [5.74, 6) is -1.21. The molecule has 0 radical (unpaired) electrons. The van der Waals surface area contributed by atoms with Crippen LogP contribution < -0.4 is 11.1 Å². The van der Waals surface area contributed by atoms with Crippen molar-refractivity contribution in [3.8, 4) is 0 Å². The summed E-state index contributed by atoms with van der Waals surface area (Å²) in [6, 6.07) is -0.283. The van der Waals surface area contributed by atoms with Crippen molar-refractivity contribution in [1.29, 1.82) is 0 Å². The molecule has 0 spiro atoms. The number of nitrogens with one attached hydrogen (secondary N) is 1. The van der Waals surface area contributed by atoms with Crippen molar-refractivity contribution in [2.24, 2.45) is 17.1 Å². The number of amides is 1. The summed E-state index contributed by atoms with van der Waals surface area (Å²) >= 11 is 0. The molecule has 104 valence electrons. The third kappa shape index (κ3) is 3.45. The number of rotatable bonds is 5. The van der Waals surface area contributed by atoms with E-state index in [0.29, 0.717) is 0 Å². The number of hydrogen-bond donors (Lipinski definition) is 3. The van der Waals surface area contributed by atoms with Gasteiger partial charge in [-0.15, -0.1) is 0 Å². The third-order valence-corrected chi connectivity index (χ3v) is 3.75. The second-order valence-electron chi connectivity index (χ2n) is 6.51. The highest BCUT2D eigenvalue weighted by atomic mass is 16.4. The highest BCUT2D eigenvalue weighted by molar-refractivity contribution is 5.87. The highest BCUT2D eigenvalue weighted by Crippen LogP contribution is 2.39. The number of nitrogens with two attached hydrogens (primary N) is 1. The first-order chi connectivity index (χ1) is 8.07. The van der Waals surface area contributed by atoms with E-state index in [9.17, 15) is 14.7 Å². The van der Waals surface area contributed by atoms with Crippen LogP contribution in [0.1, 0.15) is 47.0 Å². The van der Waals surface area contributed by atoms with Gasteiger partial charge in [-0.2, -0.15) is 0 Å². The highest BCUT2D eigenvalue weighted by Gasteiger charge is 2.48. The molecular weight excluding hydrogens is 232 g/mol. The molecule has 0 aromatic rings. The largest absolute Gasteiger partial charge is 0.480 e. The van der Waals surface area contributed by atoms with Gasteiger partial charge in [0.25, 0.3) is 0 Å². The van der Waals surface area contributed by atoms with Crippen molar-refractivity contribution in [2.45, 2.75) is 58.5 Å². The molecule has 1 amide bonds. The monoisotopic (exact) mass is 256 g/mol. The number of aliphatic carboxylic acids is 1. The Bertz CT molecular complexity index is 345. The molecule has 1 aliphatic rings. The predicted molar refractivity (Wildman–Crippen MR) is 69.0 cm³/mol. The van der Waals surface area contributed by atoms with Crippen LogP contribution in [0.3, 0.4) is 0 Å². The number of carbonyl (C=O) groups excluding carboxylic acids is 1. The van der Waals surface area contributed by atoms with Crippen LogP contribution in [-0.4, -0.2) is 28.6 Å². The van der Waals surface area contributed by atoms with E-state index in [4.69, 9.17) is 5.73 Å². The molecule has 4 N–H and O–H groups in total. The summed E-state index contributed by atoms with van der Waals surface area (Å²) in [5.41, 5.74) is 4.62. The molecule has 0 aromatic heterocycles. The predicted octanol–water partition coefficient (Wildman–Crippen LogP) is 1.12. The van der Waals surface area contributed by atoms with Gasteiger partial charge in [0.1, 0.15) is 5.54 Å². The standard InChI is InChI=1S/C13H24N2O3/c1-12(2,3)9(14)7-10(16)15-13(4,11(17)18)8-5-6-8/h8-9H,5-7,14H2,1-4H3,(H,15,16)(H,17,18). The van der Waals surface area contributed by atoms with Crippen LogP contribution in [0.2, 0.25) is 0 Å². The van der Waals surface area contributed by atoms with Crippen LogP contribution in [0.15, 0.2) is 0 Å². The summed E-state index contributed by atoms with van der Waals surface area (Å²) in [6.07, 6.45) is 1.86. The molecule has 2 unspecified atom stereocenters. The van der Waals surface area contributed by atoms with Gasteiger partial charge in [0.2, 0.25) is 5.91 Å². The molecule has 5 nitrogen and oxygen atoms in total. The van der Waals surface area contributed by atoms with Gasteiger partial charge in [0, 0.05) is 12.5 Å². The van der Waals surface area contributed by atoms with Crippen molar-refractivity contribution in [1.82, 2.24) is 5.32 Å². The van der Waals surface area contributed by atoms with E-state index in [1.807, 2.05) is 20.8 Å². The Morgan fingerprint density at radius 1 is 1.33 bits per heavy atom. The molecule has 0 heterocycles. The van der Waals surface area contributed by atoms with Gasteiger partial charge in [-0.25, -0.2) is 4.79 Å². The lowest BCUT2D eigenvalue weighted by molar-refractivity contribution is -0.148. The van der Waals surface area contributed by atoms with E-state index >= 15 is 0 Å². The maximum atomic E-state index is 11.9. The van der Waals surface area contributed by atoms with E-state index in [2.05, 4.69) is 5.32 Å². The number of carboxylic acids is 1. The van der Waals surface area contributed by atoms with Gasteiger partial charge < -0.3 is 16.2 Å². The fraction of sp³-hybridized carbons (Fsp3) is 0.846. The van der Waals surface area contributed by atoms with E-state index in [-0.39, 0.29) is 29.7 Å². The second kappa shape index (κ2) is 4.88. The van der Waals surface area contributed by atoms with Crippen molar-refractivity contribution in [2.75, 3.05) is 0 Å². The molecule has 18 heavy (non-hydrogen) atoms. The average molecular weight is 256 g/mol. The van der Waals surface area contributed by atoms with Gasteiger partial charge in [-0.3, -0.25) is 4.79 Å². The Hall–Kier alpha value is -1.10. The second-order valence-corrected chi connectivity index (χ2v) is 6.51. The third-order valence-electron chi connectivity index (χ3n) is 3.75. The molecular formula is C13H24N2O3. The van der Waals surface area contributed by atoms with Crippen LogP contribution in [0.4, 0.5) is 0 Å². The smallest absolute Gasteiger partial charge is 0.329 e. The van der Waals surface area contributed by atoms with E-state index in [1.54, 1.807) is 6.92 Å². The van der Waals surface area contributed by atoms with Gasteiger partial charge in [0.05, 0.1) is 0 Å². The molecule has 2 atom stereocenters. The van der Waals surface area contributed by atoms with Crippen LogP contribution in [0, 0.1) is 11.3 Å². The number of carbonyl (C=O) groups is 2. The molecule has 0 bridgehead atoms. The van der Waals surface area contributed by atoms with Crippen molar-refractivity contribution in [3.05, 3.63) is 0 Å². The quantitative estimate of drug-likeness (QED) is 0.687. The zero-order chi connectivity index (χ0) is 14.1. The van der Waals surface area contributed by atoms with Crippen molar-refractivity contribution >= 4 is 11.9 Å². The first kappa shape index (κ1) is 15.0. The van der Waals surface area contributed by atoms with Gasteiger partial charge in [0.15, 0.2) is 0 Å². The fourth-order valence-electron chi connectivity index (χ4n) is 1.84. The van der Waals surface area contributed by atoms with Crippen LogP contribution in [0.5, 0.6) is 0 Å². The summed E-state index contributed by atoms with van der Waals surface area (Å²) in [6.45, 7) is 7.46. The molecule has 0 saturated heterocycles. The molecule has 0 aliphatic heterocycles. The van der Waals surface area contributed by atoms with E-state index in [1.165, 1.54) is 0 Å². The van der Waals surface area contributed by atoms with Gasteiger partial charge in [-0.05, 0) is 31.1 Å². The van der Waals surface area contributed by atoms with Crippen LogP contribution in [-0.2, 0) is 9.59 Å². The normalized spacial score (nSPS) is 20.9. The lowest BCUT2D eigenvalue weighted by atomic mass is 9.85. The zero-order valence-electron chi connectivity index (χ0n) is 11.6. The minimum atomic E-state index is -1.14. The Kier molecular flexibility index (Phi) is 4.05. The lowest BCUT2D eigenvalue weighted by Gasteiger charge is -2.30. The first-order valence-electron chi connectivity index (χ1n) is 6.37. The van der Waals surface area contributed by atoms with E-state index < -0.39 is 11.5 Å². The Balaban J connectivity index is 2.61. The molecule has 0 aromatic carbocycles. The maximum absolute atomic E-state index is 11.9. The molecule has 1 rings (SSSR count). The Labute approximate surface area is 108 Å². The minimum Gasteiger partial charge on any atom is -0.480 e. The summed E-state index contributed by atoms with van der Waals surface area (Å²) in [5, 5.41) is 11.9. The SMILES string of the molecule is CC(C)(C)C(N)CC(=O)NC(C)(C(=O)O)C1CC1. The summed E-state index contributed by atoms with van der Waals surface area (Å²) < 4.78 is 0. The Morgan fingerprint density at radius 2 is 1.83 bits per heavy atom. The maximum Gasteiger partial charge on any atom is 0.329 e. The first-order valence-corrected chi connectivity index (χ1v) is 6.37. The minimum absolute atomic E-state index is 0.0461. The van der Waals surface area contributed by atoms with Crippen LogP contribution >= 0.6 is 0 Å². The molecule has 5 heteroatoms. The summed E-state index contributed by atoms with van der Waals surface area (Å²) in [7, 11) is 0. The van der Waals surface area contributed by atoms with Crippen molar-refractivity contribution in [3.63, 3.8) is 0 Å². The van der Waals surface area contributed by atoms with Crippen molar-refractivity contribution < 1.29 is 14.7 Å². The average Bonchev–Trinajstić information content (AvgIpc) is 2.98. The lowest BCUT2D eigenvalue weighted by Crippen LogP contribution is -2.55. The van der Waals surface area contributed by atoms with Gasteiger partial charge >= 0.3 is 5.97 Å². The number of hydrogen-bond acceptors (Lipinski definition) is 3. The zero-order valence-corrected chi connectivity index (χ0v) is 11.6. The molecule has 1 saturated carbocycles. The topological polar surface area (TPSA) is 92.4 Å². The summed E-state index contributed by atoms with van der Waals surface area (Å²) in [4.78, 5) is 23.2. The van der Waals surface area contributed by atoms with Gasteiger partial charge in [-0.1, -0.05) is 20.8 Å².